The number of carboxylic acids is 2. The molecule has 0 aliphatic rings. The first-order valence-corrected chi connectivity index (χ1v) is 11.6. The number of carbonyl (C=O) groups excluding carboxylic acids is 2. The monoisotopic (exact) mass is 520 g/mol. The van der Waals surface area contributed by atoms with Gasteiger partial charge in [0.25, 0.3) is 0 Å². The molecule has 0 saturated carbocycles. The lowest BCUT2D eigenvalue weighted by Crippen LogP contribution is -3.09. The molecule has 0 fully saturated rings. The molecule has 0 aliphatic carbocycles. The molecule has 204 valence electrons. The van der Waals surface area contributed by atoms with Gasteiger partial charge in [-0.2, -0.15) is 0 Å². The van der Waals surface area contributed by atoms with E-state index < -0.39 is 11.9 Å². The fourth-order valence-electron chi connectivity index (χ4n) is 3.32. The number of carbonyl (C=O) groups is 3. The van der Waals surface area contributed by atoms with Crippen LogP contribution in [-0.4, -0.2) is 78.1 Å². The van der Waals surface area contributed by atoms with Crippen molar-refractivity contribution in [3.63, 3.8) is 0 Å². The number of methoxy groups -OCH3 is 4. The van der Waals surface area contributed by atoms with Gasteiger partial charge in [-0.05, 0) is 41.8 Å². The minimum absolute atomic E-state index is 0.0749. The summed E-state index contributed by atoms with van der Waals surface area (Å²) in [5.74, 6) is -1.06. The maximum atomic E-state index is 12.2. The lowest BCUT2D eigenvalue weighted by atomic mass is 10.1. The summed E-state index contributed by atoms with van der Waals surface area (Å²) in [5, 5.41) is 19.3. The van der Waals surface area contributed by atoms with Crippen molar-refractivity contribution in [1.29, 1.82) is 0 Å². The van der Waals surface area contributed by atoms with Gasteiger partial charge < -0.3 is 44.2 Å². The topological polar surface area (TPSA) is 148 Å². The molecule has 2 aromatic rings. The Balaban J connectivity index is 0.00000102. The van der Waals surface area contributed by atoms with Gasteiger partial charge in [0.2, 0.25) is 5.91 Å². The van der Waals surface area contributed by atoms with E-state index in [4.69, 9.17) is 38.7 Å². The lowest BCUT2D eigenvalue weighted by Gasteiger charge is -2.15. The third-order valence-corrected chi connectivity index (χ3v) is 5.43. The smallest absolute Gasteiger partial charge is 0.351 e. The number of aliphatic carboxylic acids is 2. The zero-order valence-electron chi connectivity index (χ0n) is 21.9. The van der Waals surface area contributed by atoms with Gasteiger partial charge in [0.1, 0.15) is 0 Å². The van der Waals surface area contributed by atoms with Crippen molar-refractivity contribution in [3.8, 4) is 23.0 Å². The number of likely N-dealkylation sites (N-methyl/N-ethyl adjacent to an activating group) is 1. The molecular weight excluding hydrogens is 484 g/mol. The van der Waals surface area contributed by atoms with E-state index in [0.717, 1.165) is 43.0 Å². The van der Waals surface area contributed by atoms with Crippen LogP contribution in [0.3, 0.4) is 0 Å². The van der Waals surface area contributed by atoms with Gasteiger partial charge in [0, 0.05) is 13.0 Å². The highest BCUT2D eigenvalue weighted by Gasteiger charge is 2.10. The van der Waals surface area contributed by atoms with Crippen molar-refractivity contribution >= 4 is 17.8 Å². The van der Waals surface area contributed by atoms with Crippen LogP contribution in [0.4, 0.5) is 0 Å². The summed E-state index contributed by atoms with van der Waals surface area (Å²) in [6, 6.07) is 11.8. The quantitative estimate of drug-likeness (QED) is 0.293. The van der Waals surface area contributed by atoms with E-state index in [1.54, 1.807) is 28.4 Å². The molecule has 3 N–H and O–H groups in total. The predicted molar refractivity (Wildman–Crippen MR) is 133 cm³/mol. The van der Waals surface area contributed by atoms with E-state index in [-0.39, 0.29) is 5.91 Å². The minimum atomic E-state index is -2.07. The number of rotatable bonds is 13. The van der Waals surface area contributed by atoms with Gasteiger partial charge >= 0.3 is 5.97 Å². The molecule has 2 aromatic carbocycles. The van der Waals surface area contributed by atoms with Crippen molar-refractivity contribution in [2.24, 2.45) is 0 Å². The summed E-state index contributed by atoms with van der Waals surface area (Å²) in [7, 11) is 8.62. The van der Waals surface area contributed by atoms with Crippen LogP contribution in [0.2, 0.25) is 0 Å². The molecule has 0 aliphatic heterocycles. The summed E-state index contributed by atoms with van der Waals surface area (Å²) in [5.41, 5.74) is 2.28. The molecule has 1 amide bonds. The number of amides is 1. The van der Waals surface area contributed by atoms with Crippen molar-refractivity contribution in [3.05, 3.63) is 47.5 Å². The van der Waals surface area contributed by atoms with Crippen LogP contribution in [0.25, 0.3) is 0 Å². The van der Waals surface area contributed by atoms with Crippen LogP contribution >= 0.6 is 0 Å². The highest BCUT2D eigenvalue weighted by atomic mass is 16.5. The Hall–Kier alpha value is -3.99. The van der Waals surface area contributed by atoms with Crippen molar-refractivity contribution in [2.75, 3.05) is 55.1 Å². The van der Waals surface area contributed by atoms with Crippen LogP contribution in [0.15, 0.2) is 36.4 Å². The van der Waals surface area contributed by atoms with Crippen LogP contribution in [-0.2, 0) is 27.2 Å². The average Bonchev–Trinajstić information content (AvgIpc) is 2.90. The van der Waals surface area contributed by atoms with Gasteiger partial charge in [-0.25, -0.2) is 4.79 Å². The predicted octanol–water partition coefficient (Wildman–Crippen LogP) is -0.652. The number of hydrogen-bond donors (Lipinski definition) is 3. The number of quaternary nitrogens is 1. The van der Waals surface area contributed by atoms with Gasteiger partial charge in [-0.1, -0.05) is 12.1 Å². The Labute approximate surface area is 216 Å². The molecule has 11 nitrogen and oxygen atoms in total. The highest BCUT2D eigenvalue weighted by molar-refractivity contribution is 6.26. The normalized spacial score (nSPS) is 10.8. The number of ether oxygens (including phenoxy) is 4. The molecular formula is C26H36N2O9. The Kier molecular flexibility index (Phi) is 14.0. The number of nitrogens with one attached hydrogen (secondary N) is 2. The maximum Gasteiger partial charge on any atom is 0.351 e. The van der Waals surface area contributed by atoms with Gasteiger partial charge in [-0.15, -0.1) is 0 Å². The van der Waals surface area contributed by atoms with E-state index >= 15 is 0 Å². The third kappa shape index (κ3) is 11.5. The summed E-state index contributed by atoms with van der Waals surface area (Å²) in [4.78, 5) is 31.5. The maximum absolute atomic E-state index is 12.2. The Morgan fingerprint density at radius 1 is 0.811 bits per heavy atom. The fraction of sp³-hybridized carbons (Fsp3) is 0.423. The van der Waals surface area contributed by atoms with Crippen LogP contribution in [0, 0.1) is 0 Å². The van der Waals surface area contributed by atoms with Crippen LogP contribution < -0.4 is 34.3 Å². The third-order valence-electron chi connectivity index (χ3n) is 5.43. The zero-order valence-corrected chi connectivity index (χ0v) is 21.9. The SMILES string of the molecule is COc1ccc(CCNC(=O)CC[NH+](C)CCc2ccc(OC)c(OC)c2)cc1OC.O=C([O-])C(=O)O. The highest BCUT2D eigenvalue weighted by Crippen LogP contribution is 2.28. The Morgan fingerprint density at radius 3 is 1.70 bits per heavy atom. The molecule has 2 rings (SSSR count). The van der Waals surface area contributed by atoms with Crippen molar-refractivity contribution in [2.45, 2.75) is 19.3 Å². The van der Waals surface area contributed by atoms with E-state index in [1.807, 2.05) is 30.3 Å². The van der Waals surface area contributed by atoms with Gasteiger partial charge in [-0.3, -0.25) is 4.79 Å². The van der Waals surface area contributed by atoms with Crippen LogP contribution in [0.1, 0.15) is 17.5 Å². The molecule has 0 saturated heterocycles. The van der Waals surface area contributed by atoms with E-state index in [0.29, 0.717) is 24.5 Å². The Morgan fingerprint density at radius 2 is 1.27 bits per heavy atom. The second kappa shape index (κ2) is 16.6. The van der Waals surface area contributed by atoms with E-state index in [1.165, 1.54) is 10.5 Å². The van der Waals surface area contributed by atoms with E-state index in [2.05, 4.69) is 18.4 Å². The zero-order chi connectivity index (χ0) is 27.8. The molecule has 0 aromatic heterocycles. The standard InChI is InChI=1S/C24H34N2O5.C2H2O4/c1-26(14-11-19-7-9-21(29-3)23(17-19)31-5)15-12-24(27)25-13-10-18-6-8-20(28-2)22(16-18)30-4;3-1(4)2(5)6/h6-9,16-17H,10-15H2,1-5H3,(H,25,27);(H,3,4)(H,5,6). The molecule has 0 bridgehead atoms. The first-order chi connectivity index (χ1) is 17.6. The first-order valence-electron chi connectivity index (χ1n) is 11.6. The largest absolute Gasteiger partial charge is 0.539 e. The number of hydrogen-bond acceptors (Lipinski definition) is 8. The summed E-state index contributed by atoms with van der Waals surface area (Å²) in [6.07, 6.45) is 2.16. The van der Waals surface area contributed by atoms with Crippen molar-refractivity contribution < 1.29 is 48.4 Å². The number of carboxylic acid groups (broad SMARTS) is 2. The molecule has 1 atom stereocenters. The lowest BCUT2D eigenvalue weighted by molar-refractivity contribution is -0.878. The van der Waals surface area contributed by atoms with Crippen molar-refractivity contribution in [1.82, 2.24) is 5.32 Å². The first kappa shape index (κ1) is 31.0. The molecule has 37 heavy (non-hydrogen) atoms. The molecule has 0 heterocycles. The molecule has 11 heteroatoms. The van der Waals surface area contributed by atoms with Crippen LogP contribution in [0.5, 0.6) is 23.0 Å². The Bertz CT molecular complexity index is 1020. The summed E-state index contributed by atoms with van der Waals surface area (Å²) < 4.78 is 21.2. The van der Waals surface area contributed by atoms with Gasteiger partial charge in [0.15, 0.2) is 29.0 Å². The average molecular weight is 521 g/mol. The fourth-order valence-corrected chi connectivity index (χ4v) is 3.32. The van der Waals surface area contributed by atoms with E-state index in [9.17, 15) is 4.79 Å². The second-order valence-corrected chi connectivity index (χ2v) is 8.03. The minimum Gasteiger partial charge on any atom is -0.539 e. The summed E-state index contributed by atoms with van der Waals surface area (Å²) >= 11 is 0. The second-order valence-electron chi connectivity index (χ2n) is 8.03. The number of benzene rings is 2. The molecule has 1 unspecified atom stereocenters. The molecule has 0 radical (unpaired) electrons. The summed E-state index contributed by atoms with van der Waals surface area (Å²) in [6.45, 7) is 2.32. The van der Waals surface area contributed by atoms with Gasteiger partial charge in [0.05, 0.1) is 55.0 Å². The molecule has 0 spiro atoms.